The van der Waals surface area contributed by atoms with E-state index in [4.69, 9.17) is 5.73 Å². The van der Waals surface area contributed by atoms with Crippen molar-refractivity contribution in [3.8, 4) is 21.8 Å². The van der Waals surface area contributed by atoms with Crippen molar-refractivity contribution in [1.29, 1.82) is 0 Å². The van der Waals surface area contributed by atoms with E-state index in [1.807, 2.05) is 23.6 Å². The molecule has 6 heteroatoms. The second-order valence-corrected chi connectivity index (χ2v) is 5.09. The van der Waals surface area contributed by atoms with E-state index >= 15 is 0 Å². The van der Waals surface area contributed by atoms with E-state index < -0.39 is 0 Å². The average molecular weight is 272 g/mol. The molecule has 0 aliphatic carbocycles. The van der Waals surface area contributed by atoms with Gasteiger partial charge in [0.2, 0.25) is 5.56 Å². The van der Waals surface area contributed by atoms with Crippen LogP contribution in [0.25, 0.3) is 21.8 Å². The summed E-state index contributed by atoms with van der Waals surface area (Å²) < 4.78 is 1.62. The molecule has 3 rings (SSSR count). The molecule has 0 radical (unpaired) electrons. The van der Waals surface area contributed by atoms with Crippen LogP contribution in [-0.4, -0.2) is 14.8 Å². The molecule has 0 bridgehead atoms. The lowest BCUT2D eigenvalue weighted by atomic mass is 10.1. The summed E-state index contributed by atoms with van der Waals surface area (Å²) >= 11 is 1.59. The van der Waals surface area contributed by atoms with E-state index in [9.17, 15) is 4.79 Å². The molecular weight excluding hydrogens is 260 g/mol. The maximum absolute atomic E-state index is 11.4. The fourth-order valence-corrected chi connectivity index (χ4v) is 2.76. The first-order valence-corrected chi connectivity index (χ1v) is 6.61. The number of nitrogens with one attached hydrogen (secondary N) is 1. The molecule has 0 unspecified atom stereocenters. The Hall–Kier alpha value is -2.34. The molecule has 0 atom stereocenters. The van der Waals surface area contributed by atoms with Gasteiger partial charge in [0.15, 0.2) is 0 Å². The number of aryl methyl sites for hydroxylation is 1. The van der Waals surface area contributed by atoms with E-state index in [2.05, 4.69) is 10.1 Å². The van der Waals surface area contributed by atoms with Gasteiger partial charge in [-0.25, -0.2) is 0 Å². The molecule has 0 saturated carbocycles. The molecule has 5 nitrogen and oxygen atoms in total. The number of aromatic amines is 1. The molecule has 0 spiro atoms. The first-order chi connectivity index (χ1) is 9.16. The van der Waals surface area contributed by atoms with Gasteiger partial charge in [-0.1, -0.05) is 12.1 Å². The minimum Gasteiger partial charge on any atom is -0.383 e. The fraction of sp³-hybridized carbons (Fsp3) is 0.0769. The van der Waals surface area contributed by atoms with Crippen LogP contribution in [0.3, 0.4) is 0 Å². The minimum atomic E-state index is -0.154. The zero-order valence-corrected chi connectivity index (χ0v) is 11.1. The lowest BCUT2D eigenvalue weighted by molar-refractivity contribution is 0.781. The quantitative estimate of drug-likeness (QED) is 0.750. The Morgan fingerprint density at radius 1 is 1.32 bits per heavy atom. The van der Waals surface area contributed by atoms with Gasteiger partial charge in [-0.05, 0) is 17.5 Å². The van der Waals surface area contributed by atoms with Crippen LogP contribution in [0.15, 0.2) is 40.5 Å². The number of anilines is 1. The predicted molar refractivity (Wildman–Crippen MR) is 77.0 cm³/mol. The van der Waals surface area contributed by atoms with E-state index in [0.717, 1.165) is 10.4 Å². The number of aromatic nitrogens is 3. The van der Waals surface area contributed by atoms with Crippen molar-refractivity contribution in [3.05, 3.63) is 46.1 Å². The first kappa shape index (κ1) is 11.7. The Labute approximate surface area is 113 Å². The molecule has 3 N–H and O–H groups in total. The van der Waals surface area contributed by atoms with Crippen LogP contribution in [0.2, 0.25) is 0 Å². The van der Waals surface area contributed by atoms with Crippen LogP contribution in [-0.2, 0) is 7.05 Å². The molecule has 0 aromatic carbocycles. The number of nitrogens with zero attached hydrogens (tertiary/aromatic N) is 2. The number of thiophene rings is 1. The van der Waals surface area contributed by atoms with Gasteiger partial charge in [0.1, 0.15) is 11.5 Å². The van der Waals surface area contributed by atoms with Gasteiger partial charge < -0.3 is 10.7 Å². The highest BCUT2D eigenvalue weighted by atomic mass is 32.1. The smallest absolute Gasteiger partial charge is 0.248 e. The molecule has 0 amide bonds. The lowest BCUT2D eigenvalue weighted by Crippen LogP contribution is -2.04. The molecule has 3 aromatic heterocycles. The fourth-order valence-electron chi connectivity index (χ4n) is 1.98. The maximum Gasteiger partial charge on any atom is 0.248 e. The third-order valence-corrected chi connectivity index (χ3v) is 3.77. The van der Waals surface area contributed by atoms with E-state index in [1.165, 1.54) is 6.07 Å². The summed E-state index contributed by atoms with van der Waals surface area (Å²) in [5, 5.41) is 6.39. The summed E-state index contributed by atoms with van der Waals surface area (Å²) in [5.41, 5.74) is 8.16. The molecule has 19 heavy (non-hydrogen) atoms. The molecule has 0 aliphatic rings. The Morgan fingerprint density at radius 2 is 2.16 bits per heavy atom. The molecule has 96 valence electrons. The molecule has 0 aliphatic heterocycles. The molecule has 0 fully saturated rings. The Kier molecular flexibility index (Phi) is 2.72. The summed E-state index contributed by atoms with van der Waals surface area (Å²) in [6.07, 6.45) is 0. The van der Waals surface area contributed by atoms with Crippen LogP contribution in [0.1, 0.15) is 0 Å². The standard InChI is InChI=1S/C13H12N4OS/c1-17-13(14)11(9-5-3-7-19-9)12(16-17)8-4-2-6-10(18)15-8/h2-7H,14H2,1H3,(H,15,18). The summed E-state index contributed by atoms with van der Waals surface area (Å²) in [6.45, 7) is 0. The van der Waals surface area contributed by atoms with Gasteiger partial charge in [-0.3, -0.25) is 9.48 Å². The van der Waals surface area contributed by atoms with Crippen LogP contribution < -0.4 is 11.3 Å². The number of H-pyrrole nitrogens is 1. The van der Waals surface area contributed by atoms with Gasteiger partial charge in [-0.2, -0.15) is 5.10 Å². The Balaban J connectivity index is 2.28. The number of hydrogen-bond acceptors (Lipinski definition) is 4. The van der Waals surface area contributed by atoms with E-state index in [1.54, 1.807) is 29.1 Å². The van der Waals surface area contributed by atoms with Crippen molar-refractivity contribution in [1.82, 2.24) is 14.8 Å². The molecular formula is C13H12N4OS. The SMILES string of the molecule is Cn1nc(-c2cccc(=O)[nH]2)c(-c2cccs2)c1N. The second kappa shape index (κ2) is 4.40. The van der Waals surface area contributed by atoms with Crippen molar-refractivity contribution < 1.29 is 0 Å². The lowest BCUT2D eigenvalue weighted by Gasteiger charge is -2.01. The zero-order chi connectivity index (χ0) is 13.4. The third kappa shape index (κ3) is 1.96. The van der Waals surface area contributed by atoms with Crippen molar-refractivity contribution in [2.45, 2.75) is 0 Å². The normalized spacial score (nSPS) is 10.8. The highest BCUT2D eigenvalue weighted by Gasteiger charge is 2.18. The number of rotatable bonds is 2. The van der Waals surface area contributed by atoms with Crippen molar-refractivity contribution in [3.63, 3.8) is 0 Å². The van der Waals surface area contributed by atoms with Crippen molar-refractivity contribution >= 4 is 17.2 Å². The van der Waals surface area contributed by atoms with Gasteiger partial charge in [-0.15, -0.1) is 11.3 Å². The molecule has 3 heterocycles. The van der Waals surface area contributed by atoms with Crippen LogP contribution in [0.5, 0.6) is 0 Å². The van der Waals surface area contributed by atoms with Crippen LogP contribution in [0, 0.1) is 0 Å². The Bertz CT molecular complexity index is 770. The molecule has 0 saturated heterocycles. The summed E-state index contributed by atoms with van der Waals surface area (Å²) in [6, 6.07) is 8.95. The van der Waals surface area contributed by atoms with Gasteiger partial charge in [0.25, 0.3) is 0 Å². The largest absolute Gasteiger partial charge is 0.383 e. The Morgan fingerprint density at radius 3 is 2.84 bits per heavy atom. The summed E-state index contributed by atoms with van der Waals surface area (Å²) in [7, 11) is 1.79. The highest BCUT2D eigenvalue weighted by Crippen LogP contribution is 2.37. The average Bonchev–Trinajstić information content (AvgIpc) is 2.99. The van der Waals surface area contributed by atoms with Gasteiger partial charge in [0, 0.05) is 18.0 Å². The first-order valence-electron chi connectivity index (χ1n) is 5.73. The summed E-state index contributed by atoms with van der Waals surface area (Å²) in [4.78, 5) is 15.3. The minimum absolute atomic E-state index is 0.154. The van der Waals surface area contributed by atoms with Crippen molar-refractivity contribution in [2.75, 3.05) is 5.73 Å². The van der Waals surface area contributed by atoms with E-state index in [-0.39, 0.29) is 5.56 Å². The summed E-state index contributed by atoms with van der Waals surface area (Å²) in [5.74, 6) is 0.585. The maximum atomic E-state index is 11.4. The predicted octanol–water partition coefficient (Wildman–Crippen LogP) is 2.09. The van der Waals surface area contributed by atoms with Gasteiger partial charge in [0.05, 0.1) is 11.3 Å². The topological polar surface area (TPSA) is 76.7 Å². The van der Waals surface area contributed by atoms with Gasteiger partial charge >= 0.3 is 0 Å². The zero-order valence-electron chi connectivity index (χ0n) is 10.3. The third-order valence-electron chi connectivity index (χ3n) is 2.88. The van der Waals surface area contributed by atoms with Crippen LogP contribution >= 0.6 is 11.3 Å². The van der Waals surface area contributed by atoms with Crippen molar-refractivity contribution in [2.24, 2.45) is 7.05 Å². The van der Waals surface area contributed by atoms with E-state index in [0.29, 0.717) is 17.2 Å². The van der Waals surface area contributed by atoms with Crippen LogP contribution in [0.4, 0.5) is 5.82 Å². The molecule has 3 aromatic rings. The number of nitrogens with two attached hydrogens (primary N) is 1. The number of pyridine rings is 1. The second-order valence-electron chi connectivity index (χ2n) is 4.14. The number of nitrogen functional groups attached to an aromatic ring is 1. The monoisotopic (exact) mass is 272 g/mol. The number of hydrogen-bond donors (Lipinski definition) is 2. The highest BCUT2D eigenvalue weighted by molar-refractivity contribution is 7.13.